The molecule has 0 spiro atoms. The van der Waals surface area contributed by atoms with Gasteiger partial charge in [-0.15, -0.1) is 11.8 Å². The Hall–Kier alpha value is -2.93. The van der Waals surface area contributed by atoms with Crippen LogP contribution in [0.15, 0.2) is 47.4 Å². The van der Waals surface area contributed by atoms with Crippen molar-refractivity contribution in [2.24, 2.45) is 5.92 Å². The third kappa shape index (κ3) is 5.11. The lowest BCUT2D eigenvalue weighted by molar-refractivity contribution is -0.139. The molecule has 2 amide bonds. The summed E-state index contributed by atoms with van der Waals surface area (Å²) in [7, 11) is 3.54. The molecule has 2 aromatic carbocycles. The van der Waals surface area contributed by atoms with Gasteiger partial charge >= 0.3 is 0 Å². The van der Waals surface area contributed by atoms with Crippen molar-refractivity contribution in [1.82, 2.24) is 9.80 Å². The van der Waals surface area contributed by atoms with Gasteiger partial charge in [-0.25, -0.2) is 0 Å². The summed E-state index contributed by atoms with van der Waals surface area (Å²) in [5.74, 6) is 1.05. The highest BCUT2D eigenvalue weighted by molar-refractivity contribution is 8.04. The Labute approximate surface area is 224 Å². The van der Waals surface area contributed by atoms with Gasteiger partial charge in [0.15, 0.2) is 0 Å². The number of hydrogen-bond donors (Lipinski definition) is 0. The quantitative estimate of drug-likeness (QED) is 0.546. The van der Waals surface area contributed by atoms with Crippen molar-refractivity contribution in [1.29, 1.82) is 0 Å². The number of anilines is 1. The highest BCUT2D eigenvalue weighted by atomic mass is 32.2. The van der Waals surface area contributed by atoms with Gasteiger partial charge in [0, 0.05) is 61.7 Å². The van der Waals surface area contributed by atoms with Crippen molar-refractivity contribution in [3.63, 3.8) is 0 Å². The van der Waals surface area contributed by atoms with E-state index in [1.54, 1.807) is 18.9 Å². The van der Waals surface area contributed by atoms with Crippen LogP contribution >= 0.6 is 11.8 Å². The number of rotatable bonds is 4. The first kappa shape index (κ1) is 25.7. The first-order valence-corrected chi connectivity index (χ1v) is 14.1. The first-order valence-electron chi connectivity index (χ1n) is 13.3. The maximum absolute atomic E-state index is 13.5. The average molecular weight is 520 g/mol. The van der Waals surface area contributed by atoms with E-state index in [1.165, 1.54) is 16.8 Å². The average Bonchev–Trinajstić information content (AvgIpc) is 2.93. The zero-order valence-corrected chi connectivity index (χ0v) is 23.1. The number of fused-ring (bicyclic) bond motifs is 1. The molecule has 0 radical (unpaired) electrons. The molecule has 1 aliphatic carbocycles. The van der Waals surface area contributed by atoms with E-state index in [0.29, 0.717) is 5.25 Å². The van der Waals surface area contributed by atoms with Crippen molar-refractivity contribution in [3.8, 4) is 5.75 Å². The van der Waals surface area contributed by atoms with E-state index in [2.05, 4.69) is 41.8 Å². The SMILES string of the molecule is COc1ccccc1/C=C1/SC2CCC(C(=O)N3CCN(c4cccc(C)c4C)CC3)CC2N(C)C1=O. The van der Waals surface area contributed by atoms with Crippen LogP contribution in [-0.4, -0.2) is 73.2 Å². The number of carbonyl (C=O) groups excluding carboxylic acids is 2. The number of carbonyl (C=O) groups is 2. The van der Waals surface area contributed by atoms with E-state index >= 15 is 0 Å². The maximum atomic E-state index is 13.5. The third-order valence-electron chi connectivity index (χ3n) is 8.34. The fourth-order valence-electron chi connectivity index (χ4n) is 5.95. The van der Waals surface area contributed by atoms with Gasteiger partial charge in [0.1, 0.15) is 5.75 Å². The van der Waals surface area contributed by atoms with Crippen LogP contribution < -0.4 is 9.64 Å². The predicted molar refractivity (Wildman–Crippen MR) is 151 cm³/mol. The summed E-state index contributed by atoms with van der Waals surface area (Å²) in [4.78, 5) is 33.9. The number of aryl methyl sites for hydroxylation is 1. The summed E-state index contributed by atoms with van der Waals surface area (Å²) in [6.45, 7) is 7.56. The van der Waals surface area contributed by atoms with Crippen molar-refractivity contribution in [2.45, 2.75) is 44.4 Å². The van der Waals surface area contributed by atoms with Crippen LogP contribution in [-0.2, 0) is 9.59 Å². The Bertz CT molecular complexity index is 1200. The van der Waals surface area contributed by atoms with E-state index in [0.717, 1.165) is 61.7 Å². The molecule has 2 aliphatic heterocycles. The Morgan fingerprint density at radius 1 is 1.03 bits per heavy atom. The van der Waals surface area contributed by atoms with Crippen LogP contribution in [0.3, 0.4) is 0 Å². The Kier molecular flexibility index (Phi) is 7.52. The zero-order chi connectivity index (χ0) is 26.1. The van der Waals surface area contributed by atoms with Gasteiger partial charge in [-0.3, -0.25) is 9.59 Å². The maximum Gasteiger partial charge on any atom is 0.260 e. The van der Waals surface area contributed by atoms with Crippen molar-refractivity contribution in [2.75, 3.05) is 45.2 Å². The van der Waals surface area contributed by atoms with Gasteiger partial charge in [-0.1, -0.05) is 30.3 Å². The Balaban J connectivity index is 1.22. The lowest BCUT2D eigenvalue weighted by Gasteiger charge is -2.45. The number of benzene rings is 2. The lowest BCUT2D eigenvalue weighted by Crippen LogP contribution is -2.55. The topological polar surface area (TPSA) is 53.1 Å². The normalized spacial score (nSPS) is 25.3. The molecule has 3 unspecified atom stereocenters. The second kappa shape index (κ2) is 10.8. The van der Waals surface area contributed by atoms with Crippen LogP contribution in [0.4, 0.5) is 5.69 Å². The monoisotopic (exact) mass is 519 g/mol. The van der Waals surface area contributed by atoms with E-state index in [4.69, 9.17) is 4.74 Å². The number of ether oxygens (including phenoxy) is 1. The zero-order valence-electron chi connectivity index (χ0n) is 22.3. The molecule has 0 N–H and O–H groups in total. The second-order valence-electron chi connectivity index (χ2n) is 10.4. The number of thioether (sulfide) groups is 1. The number of para-hydroxylation sites is 1. The number of nitrogens with zero attached hydrogens (tertiary/aromatic N) is 3. The molecule has 2 heterocycles. The number of amides is 2. The summed E-state index contributed by atoms with van der Waals surface area (Å²) in [6.07, 6.45) is 4.52. The molecule has 5 rings (SSSR count). The Morgan fingerprint density at radius 2 is 1.78 bits per heavy atom. The van der Waals surface area contributed by atoms with E-state index in [-0.39, 0.29) is 23.8 Å². The minimum atomic E-state index is -0.0101. The highest BCUT2D eigenvalue weighted by Gasteiger charge is 2.43. The molecule has 7 heteroatoms. The van der Waals surface area contributed by atoms with Gasteiger partial charge in [0.2, 0.25) is 5.91 Å². The second-order valence-corrected chi connectivity index (χ2v) is 11.7. The number of hydrogen-bond acceptors (Lipinski definition) is 5. The van der Waals surface area contributed by atoms with Crippen LogP contribution in [0.25, 0.3) is 6.08 Å². The summed E-state index contributed by atoms with van der Waals surface area (Å²) in [5.41, 5.74) is 4.82. The standard InChI is InChI=1S/C30H37N3O3S/c1-20-8-7-10-24(21(20)2)32-14-16-33(17-15-32)29(34)23-12-13-27-25(18-23)31(3)30(35)28(37-27)19-22-9-5-6-11-26(22)36-4/h5-11,19,23,25,27H,12-18H2,1-4H3/b28-19+. The van der Waals surface area contributed by atoms with Crippen molar-refractivity contribution in [3.05, 3.63) is 64.1 Å². The fraction of sp³-hybridized carbons (Fsp3) is 0.467. The summed E-state index contributed by atoms with van der Waals surface area (Å²) in [5, 5.41) is 0.314. The van der Waals surface area contributed by atoms with Crippen LogP contribution in [0.5, 0.6) is 5.75 Å². The van der Waals surface area contributed by atoms with E-state index in [9.17, 15) is 9.59 Å². The van der Waals surface area contributed by atoms with E-state index in [1.807, 2.05) is 42.3 Å². The van der Waals surface area contributed by atoms with Gasteiger partial charge in [-0.2, -0.15) is 0 Å². The molecule has 0 bridgehead atoms. The number of methoxy groups -OCH3 is 1. The number of piperazine rings is 1. The molecule has 3 atom stereocenters. The molecule has 196 valence electrons. The molecule has 37 heavy (non-hydrogen) atoms. The molecule has 6 nitrogen and oxygen atoms in total. The van der Waals surface area contributed by atoms with Crippen LogP contribution in [0, 0.1) is 19.8 Å². The van der Waals surface area contributed by atoms with Crippen molar-refractivity contribution < 1.29 is 14.3 Å². The Morgan fingerprint density at radius 3 is 2.54 bits per heavy atom. The number of likely N-dealkylation sites (N-methyl/N-ethyl adjacent to an activating group) is 1. The molecule has 3 fully saturated rings. The summed E-state index contributed by atoms with van der Waals surface area (Å²) >= 11 is 1.67. The van der Waals surface area contributed by atoms with Crippen LogP contribution in [0.2, 0.25) is 0 Å². The largest absolute Gasteiger partial charge is 0.496 e. The minimum absolute atomic E-state index is 0.0101. The third-order valence-corrected chi connectivity index (χ3v) is 9.74. The first-order chi connectivity index (χ1) is 17.9. The van der Waals surface area contributed by atoms with Gasteiger partial charge in [-0.05, 0) is 62.4 Å². The molecule has 0 aromatic heterocycles. The van der Waals surface area contributed by atoms with E-state index < -0.39 is 0 Å². The lowest BCUT2D eigenvalue weighted by atomic mass is 9.83. The molecule has 2 saturated heterocycles. The molecule has 1 saturated carbocycles. The molecular formula is C30H37N3O3S. The molecular weight excluding hydrogens is 482 g/mol. The summed E-state index contributed by atoms with van der Waals surface area (Å²) in [6, 6.07) is 14.3. The molecule has 3 aliphatic rings. The van der Waals surface area contributed by atoms with Crippen LogP contribution in [0.1, 0.15) is 36.0 Å². The highest BCUT2D eigenvalue weighted by Crippen LogP contribution is 2.44. The van der Waals surface area contributed by atoms with Crippen molar-refractivity contribution >= 4 is 35.3 Å². The summed E-state index contributed by atoms with van der Waals surface area (Å²) < 4.78 is 5.47. The fourth-order valence-corrected chi connectivity index (χ4v) is 7.42. The van der Waals surface area contributed by atoms with Gasteiger partial charge in [0.05, 0.1) is 12.0 Å². The smallest absolute Gasteiger partial charge is 0.260 e. The molecule has 2 aromatic rings. The van der Waals surface area contributed by atoms with Gasteiger partial charge < -0.3 is 19.4 Å². The minimum Gasteiger partial charge on any atom is -0.496 e. The van der Waals surface area contributed by atoms with Gasteiger partial charge in [0.25, 0.3) is 5.91 Å². The predicted octanol–water partition coefficient (Wildman–Crippen LogP) is 4.74.